The van der Waals surface area contributed by atoms with E-state index in [4.69, 9.17) is 5.11 Å². The van der Waals surface area contributed by atoms with Gasteiger partial charge in [0.05, 0.1) is 6.54 Å². The summed E-state index contributed by atoms with van der Waals surface area (Å²) < 4.78 is 0. The van der Waals surface area contributed by atoms with Gasteiger partial charge in [-0.3, -0.25) is 14.9 Å². The second kappa shape index (κ2) is 10.2. The number of halogens is 1. The Morgan fingerprint density at radius 1 is 1.19 bits per heavy atom. The highest BCUT2D eigenvalue weighted by Crippen LogP contribution is 2.09. The van der Waals surface area contributed by atoms with Crippen molar-refractivity contribution in [3.8, 4) is 0 Å². The fraction of sp³-hybridized carbons (Fsp3) is 0.467. The van der Waals surface area contributed by atoms with E-state index in [9.17, 15) is 9.59 Å². The van der Waals surface area contributed by atoms with E-state index in [2.05, 4.69) is 17.6 Å². The van der Waals surface area contributed by atoms with Gasteiger partial charge in [-0.2, -0.15) is 0 Å². The molecular formula is C15H23ClN2O3. The van der Waals surface area contributed by atoms with Gasteiger partial charge >= 0.3 is 5.97 Å². The Labute approximate surface area is 131 Å². The van der Waals surface area contributed by atoms with Crippen LogP contribution in [0.2, 0.25) is 0 Å². The molecule has 1 rings (SSSR count). The molecule has 118 valence electrons. The molecule has 3 N–H and O–H groups in total. The van der Waals surface area contributed by atoms with E-state index in [-0.39, 0.29) is 24.9 Å². The summed E-state index contributed by atoms with van der Waals surface area (Å²) in [7, 11) is 0. The first kappa shape index (κ1) is 19.4. The predicted molar refractivity (Wildman–Crippen MR) is 86.0 cm³/mol. The Morgan fingerprint density at radius 3 is 2.29 bits per heavy atom. The zero-order valence-electron chi connectivity index (χ0n) is 12.4. The lowest BCUT2D eigenvalue weighted by Gasteiger charge is -2.13. The van der Waals surface area contributed by atoms with Gasteiger partial charge in [0.1, 0.15) is 6.04 Å². The Kier molecular flexibility index (Phi) is 9.41. The SMILES string of the molecule is CCCC(NCC(=O)Nc1ccc(CC)cc1)C(=O)O.Cl. The van der Waals surface area contributed by atoms with Crippen LogP contribution in [0, 0.1) is 0 Å². The molecule has 5 nitrogen and oxygen atoms in total. The standard InChI is InChI=1S/C15H22N2O3.ClH/c1-3-5-13(15(19)20)16-10-14(18)17-12-8-6-11(4-2)7-9-12;/h6-9,13,16H,3-5,10H2,1-2H3,(H,17,18)(H,19,20);1H. The van der Waals surface area contributed by atoms with Crippen molar-refractivity contribution in [3.05, 3.63) is 29.8 Å². The number of benzene rings is 1. The lowest BCUT2D eigenvalue weighted by atomic mass is 10.1. The molecule has 0 aliphatic carbocycles. The molecule has 0 heterocycles. The summed E-state index contributed by atoms with van der Waals surface area (Å²) in [5.74, 6) is -1.16. The van der Waals surface area contributed by atoms with Gasteiger partial charge in [-0.05, 0) is 30.5 Å². The maximum atomic E-state index is 11.7. The number of aryl methyl sites for hydroxylation is 1. The normalized spacial score (nSPS) is 11.3. The van der Waals surface area contributed by atoms with E-state index < -0.39 is 12.0 Å². The number of carboxylic acids is 1. The van der Waals surface area contributed by atoms with Crippen molar-refractivity contribution in [2.24, 2.45) is 0 Å². The van der Waals surface area contributed by atoms with Gasteiger partial charge < -0.3 is 10.4 Å². The van der Waals surface area contributed by atoms with E-state index in [1.807, 2.05) is 31.2 Å². The lowest BCUT2D eigenvalue weighted by molar-refractivity contribution is -0.139. The Bertz CT molecular complexity index is 449. The maximum absolute atomic E-state index is 11.7. The molecular weight excluding hydrogens is 292 g/mol. The monoisotopic (exact) mass is 314 g/mol. The minimum absolute atomic E-state index is 0. The molecule has 1 unspecified atom stereocenters. The number of carbonyl (C=O) groups is 2. The van der Waals surface area contributed by atoms with Gasteiger partial charge in [0.25, 0.3) is 0 Å². The van der Waals surface area contributed by atoms with E-state index in [1.54, 1.807) is 0 Å². The molecule has 1 aromatic rings. The molecule has 0 radical (unpaired) electrons. The predicted octanol–water partition coefficient (Wildman–Crippen LogP) is 2.45. The van der Waals surface area contributed by atoms with E-state index in [0.29, 0.717) is 6.42 Å². The molecule has 0 fully saturated rings. The molecule has 0 saturated carbocycles. The van der Waals surface area contributed by atoms with Gasteiger partial charge in [-0.15, -0.1) is 12.4 Å². The number of rotatable bonds is 8. The van der Waals surface area contributed by atoms with Crippen LogP contribution in [0.15, 0.2) is 24.3 Å². The van der Waals surface area contributed by atoms with Gasteiger partial charge in [0, 0.05) is 5.69 Å². The number of carbonyl (C=O) groups excluding carboxylic acids is 1. The van der Waals surface area contributed by atoms with Crippen LogP contribution in [0.1, 0.15) is 32.3 Å². The zero-order valence-corrected chi connectivity index (χ0v) is 13.2. The maximum Gasteiger partial charge on any atom is 0.320 e. The fourth-order valence-corrected chi connectivity index (χ4v) is 1.85. The van der Waals surface area contributed by atoms with E-state index in [1.165, 1.54) is 5.56 Å². The zero-order chi connectivity index (χ0) is 15.0. The Morgan fingerprint density at radius 2 is 1.81 bits per heavy atom. The average molecular weight is 315 g/mol. The van der Waals surface area contributed by atoms with Crippen molar-refractivity contribution in [1.82, 2.24) is 5.32 Å². The van der Waals surface area contributed by atoms with Crippen molar-refractivity contribution in [3.63, 3.8) is 0 Å². The molecule has 21 heavy (non-hydrogen) atoms. The van der Waals surface area contributed by atoms with Crippen LogP contribution in [-0.4, -0.2) is 29.6 Å². The van der Waals surface area contributed by atoms with Crippen LogP contribution in [0.25, 0.3) is 0 Å². The van der Waals surface area contributed by atoms with Crippen LogP contribution in [0.4, 0.5) is 5.69 Å². The number of anilines is 1. The number of amides is 1. The molecule has 0 saturated heterocycles. The third-order valence-electron chi connectivity index (χ3n) is 3.03. The highest BCUT2D eigenvalue weighted by Gasteiger charge is 2.16. The number of hydrogen-bond donors (Lipinski definition) is 3. The number of aliphatic carboxylic acids is 1. The molecule has 1 amide bonds. The first-order valence-corrected chi connectivity index (χ1v) is 6.91. The van der Waals surface area contributed by atoms with Crippen LogP contribution >= 0.6 is 12.4 Å². The molecule has 1 atom stereocenters. The third-order valence-corrected chi connectivity index (χ3v) is 3.03. The summed E-state index contributed by atoms with van der Waals surface area (Å²) >= 11 is 0. The molecule has 6 heteroatoms. The lowest BCUT2D eigenvalue weighted by Crippen LogP contribution is -2.41. The summed E-state index contributed by atoms with van der Waals surface area (Å²) in [6.07, 6.45) is 2.21. The van der Waals surface area contributed by atoms with E-state index >= 15 is 0 Å². The van der Waals surface area contributed by atoms with Crippen molar-refractivity contribution in [1.29, 1.82) is 0 Å². The smallest absolute Gasteiger partial charge is 0.320 e. The Balaban J connectivity index is 0.00000400. The summed E-state index contributed by atoms with van der Waals surface area (Å²) in [5, 5.41) is 14.5. The van der Waals surface area contributed by atoms with E-state index in [0.717, 1.165) is 18.5 Å². The summed E-state index contributed by atoms with van der Waals surface area (Å²) in [4.78, 5) is 22.7. The minimum Gasteiger partial charge on any atom is -0.480 e. The van der Waals surface area contributed by atoms with Crippen molar-refractivity contribution in [2.45, 2.75) is 39.2 Å². The summed E-state index contributed by atoms with van der Waals surface area (Å²) in [5.41, 5.74) is 1.92. The van der Waals surface area contributed by atoms with Crippen molar-refractivity contribution < 1.29 is 14.7 Å². The number of carboxylic acid groups (broad SMARTS) is 1. The van der Waals surface area contributed by atoms with Gasteiger partial charge in [-0.25, -0.2) is 0 Å². The average Bonchev–Trinajstić information content (AvgIpc) is 2.44. The fourth-order valence-electron chi connectivity index (χ4n) is 1.85. The topological polar surface area (TPSA) is 78.4 Å². The number of hydrogen-bond acceptors (Lipinski definition) is 3. The minimum atomic E-state index is -0.924. The second-order valence-corrected chi connectivity index (χ2v) is 4.66. The van der Waals surface area contributed by atoms with Gasteiger partial charge in [-0.1, -0.05) is 32.4 Å². The van der Waals surface area contributed by atoms with Crippen LogP contribution < -0.4 is 10.6 Å². The first-order valence-electron chi connectivity index (χ1n) is 6.91. The summed E-state index contributed by atoms with van der Waals surface area (Å²) in [6, 6.07) is 6.93. The van der Waals surface area contributed by atoms with Crippen molar-refractivity contribution >= 4 is 30.0 Å². The Hall–Kier alpha value is -1.59. The molecule has 0 aliphatic rings. The quantitative estimate of drug-likeness (QED) is 0.688. The molecule has 0 aliphatic heterocycles. The molecule has 0 bridgehead atoms. The largest absolute Gasteiger partial charge is 0.480 e. The molecule has 0 spiro atoms. The first-order chi connectivity index (χ1) is 9.56. The highest BCUT2D eigenvalue weighted by molar-refractivity contribution is 5.92. The van der Waals surface area contributed by atoms with Crippen LogP contribution in [0.3, 0.4) is 0 Å². The highest BCUT2D eigenvalue weighted by atomic mass is 35.5. The van der Waals surface area contributed by atoms with Crippen LogP contribution in [0.5, 0.6) is 0 Å². The molecule has 0 aromatic heterocycles. The number of nitrogens with one attached hydrogen (secondary N) is 2. The van der Waals surface area contributed by atoms with Crippen molar-refractivity contribution in [2.75, 3.05) is 11.9 Å². The third kappa shape index (κ3) is 7.11. The van der Waals surface area contributed by atoms with Gasteiger partial charge in [0.2, 0.25) is 5.91 Å². The summed E-state index contributed by atoms with van der Waals surface area (Å²) in [6.45, 7) is 3.97. The van der Waals surface area contributed by atoms with Crippen LogP contribution in [-0.2, 0) is 16.0 Å². The second-order valence-electron chi connectivity index (χ2n) is 4.66. The van der Waals surface area contributed by atoms with Gasteiger partial charge in [0.15, 0.2) is 0 Å². The molecule has 1 aromatic carbocycles.